The minimum Gasteiger partial charge on any atom is -0.481 e. The Bertz CT molecular complexity index is 1350. The zero-order valence-electron chi connectivity index (χ0n) is 24.6. The van der Waals surface area contributed by atoms with E-state index in [9.17, 15) is 9.59 Å². The number of nitrogens with zero attached hydrogens (tertiary/aromatic N) is 4. The SMILES string of the molecule is C=CC(Cl)C/C=C(\C)C1=NC(=C)/C=C\C(C(=O)N2CCN(c3cccc(CCl)c3Cl)CC2)=C/CN=C1CCCCC(=O)O. The molecule has 1 atom stereocenters. The largest absolute Gasteiger partial charge is 0.481 e. The average molecular weight is 646 g/mol. The fourth-order valence-corrected chi connectivity index (χ4v) is 5.49. The van der Waals surface area contributed by atoms with Crippen molar-refractivity contribution in [2.24, 2.45) is 9.98 Å². The molecule has 0 aromatic heterocycles. The van der Waals surface area contributed by atoms with Crippen molar-refractivity contribution < 1.29 is 14.7 Å². The van der Waals surface area contributed by atoms with Crippen molar-refractivity contribution in [3.63, 3.8) is 0 Å². The number of aliphatic carboxylic acids is 1. The molecule has 1 unspecified atom stereocenters. The van der Waals surface area contributed by atoms with Gasteiger partial charge in [0, 0.05) is 44.1 Å². The van der Waals surface area contributed by atoms with Crippen molar-refractivity contribution in [1.82, 2.24) is 4.90 Å². The van der Waals surface area contributed by atoms with Gasteiger partial charge in [-0.3, -0.25) is 14.6 Å². The summed E-state index contributed by atoms with van der Waals surface area (Å²) in [6.07, 6.45) is 11.4. The number of halogens is 3. The van der Waals surface area contributed by atoms with Gasteiger partial charge in [0.15, 0.2) is 0 Å². The number of unbranched alkanes of at least 4 members (excludes halogenated alkanes) is 1. The van der Waals surface area contributed by atoms with Crippen LogP contribution in [-0.4, -0.2) is 71.4 Å². The summed E-state index contributed by atoms with van der Waals surface area (Å²) in [5, 5.41) is 9.50. The number of hydrogen-bond acceptors (Lipinski definition) is 5. The molecule has 2 heterocycles. The number of amides is 1. The van der Waals surface area contributed by atoms with Crippen LogP contribution in [0.4, 0.5) is 5.69 Å². The van der Waals surface area contributed by atoms with Crippen LogP contribution in [0.2, 0.25) is 5.02 Å². The molecule has 0 radical (unpaired) electrons. The summed E-state index contributed by atoms with van der Waals surface area (Å²) in [5.74, 6) is -0.567. The number of anilines is 1. The number of alkyl halides is 2. The van der Waals surface area contributed by atoms with E-state index in [-0.39, 0.29) is 24.2 Å². The number of hydrogen-bond donors (Lipinski definition) is 1. The first-order valence-electron chi connectivity index (χ1n) is 14.4. The molecule has 10 heteroatoms. The van der Waals surface area contributed by atoms with Crippen LogP contribution in [0.5, 0.6) is 0 Å². The lowest BCUT2D eigenvalue weighted by atomic mass is 10.00. The Kier molecular flexibility index (Phi) is 13.8. The Morgan fingerprint density at radius 1 is 1.16 bits per heavy atom. The Balaban J connectivity index is 1.78. The fourth-order valence-electron chi connectivity index (χ4n) is 4.80. The van der Waals surface area contributed by atoms with Crippen LogP contribution in [-0.2, 0) is 15.5 Å². The second kappa shape index (κ2) is 17.2. The van der Waals surface area contributed by atoms with Crippen LogP contribution in [0, 0.1) is 0 Å². The van der Waals surface area contributed by atoms with E-state index in [1.54, 1.807) is 18.2 Å². The minimum absolute atomic E-state index is 0.0825. The van der Waals surface area contributed by atoms with E-state index in [1.807, 2.05) is 42.2 Å². The molecule has 0 bridgehead atoms. The molecule has 0 aliphatic carbocycles. The summed E-state index contributed by atoms with van der Waals surface area (Å²) < 4.78 is 0. The number of carbonyl (C=O) groups is 2. The highest BCUT2D eigenvalue weighted by Crippen LogP contribution is 2.31. The fraction of sp³-hybridized carbons (Fsp3) is 0.394. The lowest BCUT2D eigenvalue weighted by molar-refractivity contribution is -0.137. The lowest BCUT2D eigenvalue weighted by Crippen LogP contribution is -2.49. The Hall–Kier alpha value is -3.13. The van der Waals surface area contributed by atoms with Gasteiger partial charge in [0.05, 0.1) is 39.8 Å². The molecule has 3 rings (SSSR count). The first kappa shape index (κ1) is 34.4. The molecule has 1 fully saturated rings. The van der Waals surface area contributed by atoms with Crippen LogP contribution < -0.4 is 4.90 Å². The van der Waals surface area contributed by atoms with E-state index in [0.29, 0.717) is 79.7 Å². The van der Waals surface area contributed by atoms with Crippen LogP contribution in [0.15, 0.2) is 88.6 Å². The summed E-state index contributed by atoms with van der Waals surface area (Å²) in [5.41, 5.74) is 5.14. The molecule has 43 heavy (non-hydrogen) atoms. The molecule has 1 amide bonds. The Morgan fingerprint density at radius 3 is 2.58 bits per heavy atom. The zero-order chi connectivity index (χ0) is 31.4. The van der Waals surface area contributed by atoms with E-state index in [4.69, 9.17) is 49.9 Å². The third-order valence-corrected chi connectivity index (χ3v) is 8.35. The van der Waals surface area contributed by atoms with Crippen molar-refractivity contribution >= 4 is 63.8 Å². The van der Waals surface area contributed by atoms with Gasteiger partial charge in [0.2, 0.25) is 0 Å². The number of rotatable bonds is 12. The van der Waals surface area contributed by atoms with Gasteiger partial charge in [0.1, 0.15) is 0 Å². The molecule has 1 saturated heterocycles. The average Bonchev–Trinajstić information content (AvgIpc) is 3.01. The van der Waals surface area contributed by atoms with Gasteiger partial charge in [-0.2, -0.15) is 0 Å². The van der Waals surface area contributed by atoms with Gasteiger partial charge in [-0.15, -0.1) is 29.8 Å². The van der Waals surface area contributed by atoms with Gasteiger partial charge < -0.3 is 14.9 Å². The Morgan fingerprint density at radius 2 is 1.91 bits per heavy atom. The van der Waals surface area contributed by atoms with Gasteiger partial charge in [-0.1, -0.05) is 48.5 Å². The van der Waals surface area contributed by atoms with Gasteiger partial charge in [-0.05, 0) is 62.0 Å². The predicted molar refractivity (Wildman–Crippen MR) is 180 cm³/mol. The first-order chi connectivity index (χ1) is 20.6. The normalized spacial score (nSPS) is 19.1. The summed E-state index contributed by atoms with van der Waals surface area (Å²) in [7, 11) is 0. The highest BCUT2D eigenvalue weighted by atomic mass is 35.5. The number of allylic oxidation sites excluding steroid dienone is 4. The van der Waals surface area contributed by atoms with Gasteiger partial charge in [-0.25, -0.2) is 4.99 Å². The van der Waals surface area contributed by atoms with Crippen LogP contribution in [0.1, 0.15) is 44.6 Å². The molecule has 7 nitrogen and oxygen atoms in total. The highest BCUT2D eigenvalue weighted by molar-refractivity contribution is 6.48. The molecular weight excluding hydrogens is 607 g/mol. The van der Waals surface area contributed by atoms with Crippen molar-refractivity contribution in [1.29, 1.82) is 0 Å². The third-order valence-electron chi connectivity index (χ3n) is 7.27. The third kappa shape index (κ3) is 10.2. The molecule has 1 aromatic rings. The highest BCUT2D eigenvalue weighted by Gasteiger charge is 2.24. The number of piperazine rings is 1. The lowest BCUT2D eigenvalue weighted by Gasteiger charge is -2.37. The van der Waals surface area contributed by atoms with Crippen molar-refractivity contribution in [2.75, 3.05) is 37.6 Å². The van der Waals surface area contributed by atoms with Crippen molar-refractivity contribution in [3.8, 4) is 0 Å². The second-order valence-corrected chi connectivity index (χ2v) is 11.6. The van der Waals surface area contributed by atoms with E-state index in [0.717, 1.165) is 22.5 Å². The van der Waals surface area contributed by atoms with Crippen LogP contribution in [0.3, 0.4) is 0 Å². The van der Waals surface area contributed by atoms with Crippen molar-refractivity contribution in [2.45, 2.75) is 50.3 Å². The molecular formula is C33H39Cl3N4O3. The van der Waals surface area contributed by atoms with Gasteiger partial charge in [0.25, 0.3) is 5.91 Å². The summed E-state index contributed by atoms with van der Waals surface area (Å²) in [6, 6.07) is 5.84. The number of carboxylic acids is 1. The maximum Gasteiger partial charge on any atom is 0.303 e. The standard InChI is InChI=1S/C33H39Cl3N4O3/c1-4-27(35)15-12-23(2)32-28(9-5-6-11-30(41)42)37-17-16-25(14-13-24(3)38-32)33(43)40-20-18-39(19-21-40)29-10-7-8-26(22-34)31(29)36/h4,7-8,10,12-14,16,27H,1,3,5-6,9,11,15,17-22H2,2H3,(H,41,42)/b14-13-,23-12+,25-16+,37-28?,38-32?. The summed E-state index contributed by atoms with van der Waals surface area (Å²) in [6.45, 7) is 12.5. The zero-order valence-corrected chi connectivity index (χ0v) is 26.8. The molecule has 230 valence electrons. The quantitative estimate of drug-likeness (QED) is 0.146. The number of carboxylic acid groups (broad SMARTS) is 1. The maximum atomic E-state index is 13.6. The molecule has 2 aliphatic rings. The van der Waals surface area contributed by atoms with E-state index in [2.05, 4.69) is 18.1 Å². The van der Waals surface area contributed by atoms with E-state index < -0.39 is 5.97 Å². The van der Waals surface area contributed by atoms with Gasteiger partial charge >= 0.3 is 5.97 Å². The molecule has 1 aromatic carbocycles. The first-order valence-corrected chi connectivity index (χ1v) is 15.7. The van der Waals surface area contributed by atoms with E-state index in [1.165, 1.54) is 0 Å². The molecule has 0 saturated carbocycles. The number of benzene rings is 1. The molecule has 0 spiro atoms. The topological polar surface area (TPSA) is 85.6 Å². The number of aliphatic imine (C=N–C) groups is 2. The predicted octanol–water partition coefficient (Wildman–Crippen LogP) is 7.39. The monoisotopic (exact) mass is 644 g/mol. The Labute approximate surface area is 269 Å². The molecule has 1 N–H and O–H groups in total. The second-order valence-electron chi connectivity index (χ2n) is 10.4. The smallest absolute Gasteiger partial charge is 0.303 e. The maximum absolute atomic E-state index is 13.6. The van der Waals surface area contributed by atoms with E-state index >= 15 is 0 Å². The number of carbonyl (C=O) groups excluding carboxylic acids is 1. The summed E-state index contributed by atoms with van der Waals surface area (Å²) >= 11 is 18.9. The molecule has 2 aliphatic heterocycles. The minimum atomic E-state index is -0.826. The summed E-state index contributed by atoms with van der Waals surface area (Å²) in [4.78, 5) is 38.2. The van der Waals surface area contributed by atoms with Crippen LogP contribution in [0.25, 0.3) is 0 Å². The van der Waals surface area contributed by atoms with Crippen LogP contribution >= 0.6 is 34.8 Å². The van der Waals surface area contributed by atoms with Crippen molar-refractivity contribution in [3.05, 3.63) is 89.2 Å².